The van der Waals surface area contributed by atoms with Gasteiger partial charge in [-0.1, -0.05) is 37.3 Å². The van der Waals surface area contributed by atoms with Gasteiger partial charge in [-0.25, -0.2) is 0 Å². The number of aryl methyl sites for hydroxylation is 1. The van der Waals surface area contributed by atoms with Gasteiger partial charge in [-0.15, -0.1) is 0 Å². The van der Waals surface area contributed by atoms with Gasteiger partial charge in [0.25, 0.3) is 0 Å². The Balaban J connectivity index is 2.36. The summed E-state index contributed by atoms with van der Waals surface area (Å²) in [6, 6.07) is 10.1. The molecule has 2 atom stereocenters. The Bertz CT molecular complexity index is 254. The first-order valence-corrected chi connectivity index (χ1v) is 5.60. The van der Waals surface area contributed by atoms with Crippen LogP contribution in [-0.2, 0) is 6.42 Å². The molecule has 0 spiro atoms. The number of aliphatic hydroxyl groups is 2. The van der Waals surface area contributed by atoms with E-state index in [2.05, 4.69) is 12.1 Å². The summed E-state index contributed by atoms with van der Waals surface area (Å²) >= 11 is 0. The van der Waals surface area contributed by atoms with Gasteiger partial charge in [-0.3, -0.25) is 0 Å². The Kier molecular flexibility index (Phi) is 5.37. The summed E-state index contributed by atoms with van der Waals surface area (Å²) in [5.41, 5.74) is 1.24. The Morgan fingerprint density at radius 2 is 1.87 bits per heavy atom. The molecule has 15 heavy (non-hydrogen) atoms. The van der Waals surface area contributed by atoms with Crippen molar-refractivity contribution in [1.29, 1.82) is 0 Å². The Labute approximate surface area is 91.6 Å². The lowest BCUT2D eigenvalue weighted by atomic mass is 9.95. The van der Waals surface area contributed by atoms with Crippen molar-refractivity contribution < 1.29 is 10.2 Å². The second-order valence-corrected chi connectivity index (χ2v) is 3.94. The van der Waals surface area contributed by atoms with Gasteiger partial charge in [0.2, 0.25) is 0 Å². The molecule has 1 rings (SSSR count). The SMILES string of the molecule is CC[C@@H](CO)[C@@H](O)CCc1ccccc1. The molecule has 0 aliphatic heterocycles. The van der Waals surface area contributed by atoms with Crippen LogP contribution in [-0.4, -0.2) is 22.9 Å². The molecule has 84 valence electrons. The average molecular weight is 208 g/mol. The number of benzene rings is 1. The topological polar surface area (TPSA) is 40.5 Å². The van der Waals surface area contributed by atoms with Crippen molar-refractivity contribution in [3.05, 3.63) is 35.9 Å². The van der Waals surface area contributed by atoms with Crippen LogP contribution >= 0.6 is 0 Å². The summed E-state index contributed by atoms with van der Waals surface area (Å²) in [4.78, 5) is 0. The summed E-state index contributed by atoms with van der Waals surface area (Å²) in [6.07, 6.45) is 2.04. The van der Waals surface area contributed by atoms with Crippen molar-refractivity contribution in [2.24, 2.45) is 5.92 Å². The Morgan fingerprint density at radius 3 is 2.40 bits per heavy atom. The second-order valence-electron chi connectivity index (χ2n) is 3.94. The van der Waals surface area contributed by atoms with E-state index in [0.717, 1.165) is 19.3 Å². The molecule has 0 aromatic heterocycles. The van der Waals surface area contributed by atoms with Crippen LogP contribution in [0, 0.1) is 5.92 Å². The molecule has 1 aromatic rings. The molecule has 0 radical (unpaired) electrons. The molecule has 2 N–H and O–H groups in total. The van der Waals surface area contributed by atoms with Crippen LogP contribution in [0.25, 0.3) is 0 Å². The van der Waals surface area contributed by atoms with Gasteiger partial charge in [0.05, 0.1) is 6.10 Å². The highest BCUT2D eigenvalue weighted by Gasteiger charge is 2.15. The molecule has 0 heterocycles. The van der Waals surface area contributed by atoms with E-state index in [1.165, 1.54) is 5.56 Å². The molecule has 0 unspecified atom stereocenters. The molecule has 0 aliphatic carbocycles. The minimum absolute atomic E-state index is 0.0220. The van der Waals surface area contributed by atoms with E-state index in [9.17, 15) is 5.11 Å². The number of rotatable bonds is 6. The predicted octanol–water partition coefficient (Wildman–Crippen LogP) is 2.00. The third-order valence-corrected chi connectivity index (χ3v) is 2.87. The van der Waals surface area contributed by atoms with Gasteiger partial charge >= 0.3 is 0 Å². The number of aliphatic hydroxyl groups excluding tert-OH is 2. The van der Waals surface area contributed by atoms with Crippen molar-refractivity contribution in [2.75, 3.05) is 6.61 Å². The monoisotopic (exact) mass is 208 g/mol. The third kappa shape index (κ3) is 4.02. The lowest BCUT2D eigenvalue weighted by Gasteiger charge is -2.19. The van der Waals surface area contributed by atoms with Crippen LogP contribution < -0.4 is 0 Å². The Hall–Kier alpha value is -0.860. The summed E-state index contributed by atoms with van der Waals surface area (Å²) < 4.78 is 0. The highest BCUT2D eigenvalue weighted by Crippen LogP contribution is 2.14. The molecule has 0 amide bonds. The van der Waals surface area contributed by atoms with Gasteiger partial charge in [-0.2, -0.15) is 0 Å². The fourth-order valence-electron chi connectivity index (χ4n) is 1.72. The smallest absolute Gasteiger partial charge is 0.0593 e. The molecular weight excluding hydrogens is 188 g/mol. The number of hydrogen-bond donors (Lipinski definition) is 2. The van der Waals surface area contributed by atoms with Crippen LogP contribution in [0.2, 0.25) is 0 Å². The van der Waals surface area contributed by atoms with Gasteiger partial charge in [0.1, 0.15) is 0 Å². The molecule has 0 fully saturated rings. The first-order valence-electron chi connectivity index (χ1n) is 5.60. The predicted molar refractivity (Wildman–Crippen MR) is 61.6 cm³/mol. The highest BCUT2D eigenvalue weighted by atomic mass is 16.3. The first kappa shape index (κ1) is 12.2. The van der Waals surface area contributed by atoms with Crippen molar-refractivity contribution in [1.82, 2.24) is 0 Å². The third-order valence-electron chi connectivity index (χ3n) is 2.87. The molecule has 0 aliphatic rings. The van der Waals surface area contributed by atoms with E-state index < -0.39 is 0 Å². The van der Waals surface area contributed by atoms with Gasteiger partial charge < -0.3 is 10.2 Å². The molecule has 2 heteroatoms. The minimum atomic E-state index is -0.389. The van der Waals surface area contributed by atoms with Crippen LogP contribution in [0.4, 0.5) is 0 Å². The second kappa shape index (κ2) is 6.59. The summed E-state index contributed by atoms with van der Waals surface area (Å²) in [6.45, 7) is 2.07. The zero-order valence-corrected chi connectivity index (χ0v) is 9.26. The lowest BCUT2D eigenvalue weighted by Crippen LogP contribution is -2.23. The van der Waals surface area contributed by atoms with Gasteiger partial charge in [0, 0.05) is 12.5 Å². The van der Waals surface area contributed by atoms with Crippen LogP contribution in [0.1, 0.15) is 25.3 Å². The molecule has 2 nitrogen and oxygen atoms in total. The summed E-state index contributed by atoms with van der Waals surface area (Å²) in [5, 5.41) is 18.8. The maximum Gasteiger partial charge on any atom is 0.0593 e. The van der Waals surface area contributed by atoms with Crippen LogP contribution in [0.5, 0.6) is 0 Å². The van der Waals surface area contributed by atoms with Gasteiger partial charge in [0.15, 0.2) is 0 Å². The van der Waals surface area contributed by atoms with E-state index in [1.807, 2.05) is 25.1 Å². The molecule has 0 bridgehead atoms. The fraction of sp³-hybridized carbons (Fsp3) is 0.538. The zero-order valence-electron chi connectivity index (χ0n) is 9.26. The van der Waals surface area contributed by atoms with E-state index in [4.69, 9.17) is 5.11 Å². The van der Waals surface area contributed by atoms with Crippen LogP contribution in [0.15, 0.2) is 30.3 Å². The normalized spacial score (nSPS) is 14.9. The average Bonchev–Trinajstić information content (AvgIpc) is 2.29. The Morgan fingerprint density at radius 1 is 1.20 bits per heavy atom. The molecule has 0 saturated carbocycles. The zero-order chi connectivity index (χ0) is 11.1. The summed E-state index contributed by atoms with van der Waals surface area (Å²) in [5.74, 6) is 0.0220. The minimum Gasteiger partial charge on any atom is -0.396 e. The molecule has 0 saturated heterocycles. The van der Waals surface area contributed by atoms with E-state index >= 15 is 0 Å². The van der Waals surface area contributed by atoms with Crippen molar-refractivity contribution in [2.45, 2.75) is 32.3 Å². The maximum absolute atomic E-state index is 9.81. The first-order chi connectivity index (χ1) is 7.27. The maximum atomic E-state index is 9.81. The number of hydrogen-bond acceptors (Lipinski definition) is 2. The van der Waals surface area contributed by atoms with Crippen molar-refractivity contribution in [3.8, 4) is 0 Å². The van der Waals surface area contributed by atoms with E-state index in [-0.39, 0.29) is 18.6 Å². The molecular formula is C13H20O2. The van der Waals surface area contributed by atoms with Crippen molar-refractivity contribution >= 4 is 0 Å². The van der Waals surface area contributed by atoms with Crippen LogP contribution in [0.3, 0.4) is 0 Å². The largest absolute Gasteiger partial charge is 0.396 e. The standard InChI is InChI=1S/C13H20O2/c1-2-12(10-14)13(15)9-8-11-6-4-3-5-7-11/h3-7,12-15H,2,8-10H2,1H3/t12-,13-/m0/s1. The summed E-state index contributed by atoms with van der Waals surface area (Å²) in [7, 11) is 0. The van der Waals surface area contributed by atoms with Crippen molar-refractivity contribution in [3.63, 3.8) is 0 Å². The molecule has 1 aromatic carbocycles. The van der Waals surface area contributed by atoms with E-state index in [1.54, 1.807) is 0 Å². The lowest BCUT2D eigenvalue weighted by molar-refractivity contribution is 0.0591. The van der Waals surface area contributed by atoms with E-state index in [0.29, 0.717) is 0 Å². The highest BCUT2D eigenvalue weighted by molar-refractivity contribution is 5.14. The fourth-order valence-corrected chi connectivity index (χ4v) is 1.72. The quantitative estimate of drug-likeness (QED) is 0.750. The van der Waals surface area contributed by atoms with Gasteiger partial charge in [-0.05, 0) is 24.8 Å².